The average Bonchev–Trinajstić information content (AvgIpc) is 2.24. The van der Waals surface area contributed by atoms with E-state index in [9.17, 15) is 0 Å². The van der Waals surface area contributed by atoms with Crippen LogP contribution in [0.4, 0.5) is 0 Å². The summed E-state index contributed by atoms with van der Waals surface area (Å²) < 4.78 is 0. The fourth-order valence-corrected chi connectivity index (χ4v) is 4.79. The van der Waals surface area contributed by atoms with Crippen LogP contribution < -0.4 is 0 Å². The molecule has 0 aromatic heterocycles. The predicted octanol–water partition coefficient (Wildman–Crippen LogP) is 3.28. The highest BCUT2D eigenvalue weighted by atomic mass is 15.5. The van der Waals surface area contributed by atoms with E-state index in [1.54, 1.807) is 0 Å². The molecule has 4 aliphatic carbocycles. The van der Waals surface area contributed by atoms with Crippen LogP contribution in [0.25, 0.3) is 0 Å². The van der Waals surface area contributed by atoms with Crippen molar-refractivity contribution < 1.29 is 0 Å². The van der Waals surface area contributed by atoms with Crippen molar-refractivity contribution >= 4 is 6.21 Å². The van der Waals surface area contributed by atoms with Crippen LogP contribution >= 0.6 is 0 Å². The van der Waals surface area contributed by atoms with Crippen molar-refractivity contribution in [3.63, 3.8) is 0 Å². The van der Waals surface area contributed by atoms with Crippen LogP contribution in [0.3, 0.4) is 0 Å². The minimum atomic E-state index is 0.445. The van der Waals surface area contributed by atoms with Gasteiger partial charge in [0.25, 0.3) is 0 Å². The lowest BCUT2D eigenvalue weighted by Gasteiger charge is -2.59. The van der Waals surface area contributed by atoms with E-state index in [1.807, 2.05) is 0 Å². The molecule has 16 heavy (non-hydrogen) atoms. The maximum atomic E-state index is 4.64. The minimum Gasteiger partial charge on any atom is -0.294 e. The normalized spacial score (nSPS) is 45.5. The van der Waals surface area contributed by atoms with Gasteiger partial charge in [0, 0.05) is 13.3 Å². The Kier molecular flexibility index (Phi) is 2.49. The van der Waals surface area contributed by atoms with Crippen LogP contribution in [0.5, 0.6) is 0 Å². The highest BCUT2D eigenvalue weighted by Crippen LogP contribution is 2.57. The summed E-state index contributed by atoms with van der Waals surface area (Å²) in [4.78, 5) is 0. The number of hydrazone groups is 1. The van der Waals surface area contributed by atoms with Crippen molar-refractivity contribution in [1.29, 1.82) is 0 Å². The van der Waals surface area contributed by atoms with Crippen molar-refractivity contribution in [2.24, 2.45) is 22.9 Å². The predicted molar refractivity (Wildman–Crippen MR) is 67.4 cm³/mol. The molecule has 0 spiro atoms. The molecular weight excluding hydrogens is 196 g/mol. The third-order valence-electron chi connectivity index (χ3n) is 5.13. The zero-order valence-corrected chi connectivity index (χ0v) is 10.7. The fourth-order valence-electron chi connectivity index (χ4n) is 4.79. The lowest BCUT2D eigenvalue weighted by Crippen LogP contribution is -2.57. The van der Waals surface area contributed by atoms with E-state index in [0.29, 0.717) is 5.54 Å². The Bertz CT molecular complexity index is 260. The Hall–Kier alpha value is -0.530. The molecular formula is C14H24N2. The Labute approximate surface area is 99.1 Å². The first-order valence-electron chi connectivity index (χ1n) is 6.98. The third kappa shape index (κ3) is 1.57. The highest BCUT2D eigenvalue weighted by molar-refractivity contribution is 5.56. The summed E-state index contributed by atoms with van der Waals surface area (Å²) in [5.74, 6) is 3.06. The molecule has 0 aromatic rings. The molecule has 4 rings (SSSR count). The van der Waals surface area contributed by atoms with Crippen molar-refractivity contribution in [2.75, 3.05) is 7.05 Å². The summed E-state index contributed by atoms with van der Waals surface area (Å²) in [5.41, 5.74) is 0.445. The first-order valence-corrected chi connectivity index (χ1v) is 6.98. The number of hydrogen-bond acceptors (Lipinski definition) is 2. The van der Waals surface area contributed by atoms with Crippen LogP contribution in [0.2, 0.25) is 0 Å². The molecule has 0 amide bonds. The summed E-state index contributed by atoms with van der Waals surface area (Å²) in [6.45, 7) is 2.16. The van der Waals surface area contributed by atoms with Gasteiger partial charge in [-0.05, 0) is 62.7 Å². The number of nitrogens with zero attached hydrogens (tertiary/aromatic N) is 2. The maximum absolute atomic E-state index is 4.64. The third-order valence-corrected chi connectivity index (χ3v) is 5.13. The molecule has 4 fully saturated rings. The lowest BCUT2D eigenvalue weighted by atomic mass is 9.53. The number of rotatable bonds is 3. The second-order valence-electron chi connectivity index (χ2n) is 6.37. The molecule has 90 valence electrons. The molecule has 0 aliphatic heterocycles. The molecule has 4 saturated carbocycles. The minimum absolute atomic E-state index is 0.445. The van der Waals surface area contributed by atoms with Gasteiger partial charge in [0.15, 0.2) is 0 Å². The number of hydrogen-bond donors (Lipinski definition) is 0. The molecule has 0 saturated heterocycles. The first kappa shape index (κ1) is 10.6. The van der Waals surface area contributed by atoms with Crippen molar-refractivity contribution in [3.8, 4) is 0 Å². The monoisotopic (exact) mass is 220 g/mol. The Morgan fingerprint density at radius 2 is 1.62 bits per heavy atom. The maximum Gasteiger partial charge on any atom is 0.0583 e. The quantitative estimate of drug-likeness (QED) is 0.526. The molecule has 0 aromatic carbocycles. The van der Waals surface area contributed by atoms with Crippen molar-refractivity contribution in [1.82, 2.24) is 5.01 Å². The van der Waals surface area contributed by atoms with E-state index in [1.165, 1.54) is 38.5 Å². The molecule has 4 aliphatic rings. The molecule has 0 unspecified atom stereocenters. The van der Waals surface area contributed by atoms with Gasteiger partial charge in [-0.3, -0.25) is 5.01 Å². The molecule has 4 bridgehead atoms. The zero-order valence-electron chi connectivity index (χ0n) is 10.7. The first-order chi connectivity index (χ1) is 7.72. The Morgan fingerprint density at radius 3 is 2.06 bits per heavy atom. The van der Waals surface area contributed by atoms with Crippen LogP contribution in [-0.2, 0) is 0 Å². The van der Waals surface area contributed by atoms with E-state index in [-0.39, 0.29) is 0 Å². The largest absolute Gasteiger partial charge is 0.294 e. The summed E-state index contributed by atoms with van der Waals surface area (Å²) in [5, 5.41) is 6.96. The summed E-state index contributed by atoms with van der Waals surface area (Å²) in [7, 11) is 2.21. The van der Waals surface area contributed by atoms with Gasteiger partial charge in [-0.1, -0.05) is 6.92 Å². The lowest BCUT2D eigenvalue weighted by molar-refractivity contribution is -0.0783. The van der Waals surface area contributed by atoms with Gasteiger partial charge >= 0.3 is 0 Å². The Morgan fingerprint density at radius 1 is 1.12 bits per heavy atom. The smallest absolute Gasteiger partial charge is 0.0583 e. The van der Waals surface area contributed by atoms with Crippen molar-refractivity contribution in [2.45, 2.75) is 57.4 Å². The summed E-state index contributed by atoms with van der Waals surface area (Å²) >= 11 is 0. The van der Waals surface area contributed by atoms with Crippen LogP contribution in [0.15, 0.2) is 5.10 Å². The molecule has 2 nitrogen and oxygen atoms in total. The van der Waals surface area contributed by atoms with Gasteiger partial charge in [-0.25, -0.2) is 0 Å². The Balaban J connectivity index is 1.80. The van der Waals surface area contributed by atoms with Gasteiger partial charge in [0.1, 0.15) is 0 Å². The second kappa shape index (κ2) is 3.75. The van der Waals surface area contributed by atoms with E-state index in [2.05, 4.69) is 30.3 Å². The van der Waals surface area contributed by atoms with E-state index < -0.39 is 0 Å². The van der Waals surface area contributed by atoms with Crippen LogP contribution in [0.1, 0.15) is 51.9 Å². The van der Waals surface area contributed by atoms with Crippen molar-refractivity contribution in [3.05, 3.63) is 0 Å². The van der Waals surface area contributed by atoms with E-state index >= 15 is 0 Å². The van der Waals surface area contributed by atoms with Gasteiger partial charge in [0.2, 0.25) is 0 Å². The van der Waals surface area contributed by atoms with E-state index in [4.69, 9.17) is 0 Å². The second-order valence-corrected chi connectivity index (χ2v) is 6.37. The molecule has 0 radical (unpaired) electrons. The average molecular weight is 220 g/mol. The van der Waals surface area contributed by atoms with Crippen LogP contribution in [0, 0.1) is 17.8 Å². The SMILES string of the molecule is CC/C=N/N(C)C12CC3CC(CC(C3)C1)C2. The highest BCUT2D eigenvalue weighted by Gasteiger charge is 2.52. The van der Waals surface area contributed by atoms with Gasteiger partial charge in [0.05, 0.1) is 5.54 Å². The zero-order chi connectivity index (χ0) is 11.2. The molecule has 2 heteroatoms. The fraction of sp³-hybridized carbons (Fsp3) is 0.929. The van der Waals surface area contributed by atoms with E-state index in [0.717, 1.165) is 24.2 Å². The standard InChI is InChI=1S/C14H24N2/c1-3-4-15-16(2)14-8-11-5-12(9-14)7-13(6-11)10-14/h4,11-13H,3,5-10H2,1-2H3/b15-4+. The van der Waals surface area contributed by atoms with Gasteiger partial charge < -0.3 is 0 Å². The molecule has 0 atom stereocenters. The van der Waals surface area contributed by atoms with Crippen LogP contribution in [-0.4, -0.2) is 23.8 Å². The molecule has 0 N–H and O–H groups in total. The topological polar surface area (TPSA) is 15.6 Å². The molecule has 0 heterocycles. The van der Waals surface area contributed by atoms with Gasteiger partial charge in [-0.2, -0.15) is 5.10 Å². The summed E-state index contributed by atoms with van der Waals surface area (Å²) in [6.07, 6.45) is 11.9. The summed E-state index contributed by atoms with van der Waals surface area (Å²) in [6, 6.07) is 0. The van der Waals surface area contributed by atoms with Gasteiger partial charge in [-0.15, -0.1) is 0 Å².